The quantitative estimate of drug-likeness (QED) is 0.883. The first-order chi connectivity index (χ1) is 9.10. The van der Waals surface area contributed by atoms with Gasteiger partial charge in [-0.05, 0) is 43.2 Å². The molecule has 0 heterocycles. The Morgan fingerprint density at radius 2 is 1.89 bits per heavy atom. The maximum absolute atomic E-state index is 5.35. The van der Waals surface area contributed by atoms with Gasteiger partial charge in [-0.2, -0.15) is 0 Å². The Morgan fingerprint density at radius 1 is 1.11 bits per heavy atom. The predicted octanol–water partition coefficient (Wildman–Crippen LogP) is 4.69. The minimum Gasteiger partial charge on any atom is -0.495 e. The summed E-state index contributed by atoms with van der Waals surface area (Å²) < 4.78 is 6.39. The van der Waals surface area contributed by atoms with E-state index in [2.05, 4.69) is 53.3 Å². The van der Waals surface area contributed by atoms with Crippen molar-refractivity contribution < 1.29 is 4.74 Å². The van der Waals surface area contributed by atoms with Gasteiger partial charge in [0, 0.05) is 11.0 Å². The van der Waals surface area contributed by atoms with Gasteiger partial charge in [-0.25, -0.2) is 0 Å². The molecule has 0 spiro atoms. The molecule has 3 heteroatoms. The van der Waals surface area contributed by atoms with Crippen LogP contribution in [0.25, 0.3) is 0 Å². The number of hydrogen-bond donors (Lipinski definition) is 1. The van der Waals surface area contributed by atoms with Crippen LogP contribution in [0.1, 0.15) is 16.7 Å². The van der Waals surface area contributed by atoms with Crippen LogP contribution in [-0.4, -0.2) is 7.11 Å². The molecule has 0 aliphatic rings. The molecule has 0 aromatic heterocycles. The van der Waals surface area contributed by atoms with Crippen LogP contribution in [0.3, 0.4) is 0 Å². The van der Waals surface area contributed by atoms with Crippen LogP contribution in [0.4, 0.5) is 5.69 Å². The number of methoxy groups -OCH3 is 1. The van der Waals surface area contributed by atoms with Crippen molar-refractivity contribution in [3.8, 4) is 5.75 Å². The summed E-state index contributed by atoms with van der Waals surface area (Å²) in [6, 6.07) is 12.5. The second kappa shape index (κ2) is 6.11. The van der Waals surface area contributed by atoms with E-state index in [1.165, 1.54) is 16.7 Å². The Labute approximate surface area is 122 Å². The third-order valence-electron chi connectivity index (χ3n) is 3.13. The molecule has 0 fully saturated rings. The highest BCUT2D eigenvalue weighted by Crippen LogP contribution is 2.28. The van der Waals surface area contributed by atoms with Crippen LogP contribution in [0, 0.1) is 13.8 Å². The van der Waals surface area contributed by atoms with Crippen molar-refractivity contribution in [1.82, 2.24) is 0 Å². The molecular formula is C16H18BrNO. The second-order valence-corrected chi connectivity index (χ2v) is 5.54. The summed E-state index contributed by atoms with van der Waals surface area (Å²) in [7, 11) is 1.69. The van der Waals surface area contributed by atoms with Crippen molar-refractivity contribution in [3.05, 3.63) is 57.6 Å². The number of anilines is 1. The molecule has 2 rings (SSSR count). The molecular weight excluding hydrogens is 302 g/mol. The number of benzene rings is 2. The first-order valence-corrected chi connectivity index (χ1v) is 7.03. The van der Waals surface area contributed by atoms with Gasteiger partial charge < -0.3 is 10.1 Å². The van der Waals surface area contributed by atoms with E-state index in [1.807, 2.05) is 18.2 Å². The molecule has 2 aromatic rings. The molecule has 0 unspecified atom stereocenters. The molecule has 0 aliphatic heterocycles. The lowest BCUT2D eigenvalue weighted by Crippen LogP contribution is -2.03. The third-order valence-corrected chi connectivity index (χ3v) is 3.62. The van der Waals surface area contributed by atoms with Crippen molar-refractivity contribution in [2.75, 3.05) is 12.4 Å². The Balaban J connectivity index is 2.16. The maximum atomic E-state index is 5.35. The Morgan fingerprint density at radius 3 is 2.58 bits per heavy atom. The minimum atomic E-state index is 0.791. The Kier molecular flexibility index (Phi) is 4.48. The zero-order valence-corrected chi connectivity index (χ0v) is 13.0. The normalized spacial score (nSPS) is 10.3. The lowest BCUT2D eigenvalue weighted by molar-refractivity contribution is 0.416. The van der Waals surface area contributed by atoms with E-state index in [0.29, 0.717) is 0 Å². The fourth-order valence-electron chi connectivity index (χ4n) is 2.05. The molecule has 0 saturated heterocycles. The fraction of sp³-hybridized carbons (Fsp3) is 0.250. The van der Waals surface area contributed by atoms with E-state index < -0.39 is 0 Å². The second-order valence-electron chi connectivity index (χ2n) is 4.63. The predicted molar refractivity (Wildman–Crippen MR) is 83.9 cm³/mol. The minimum absolute atomic E-state index is 0.791. The Hall–Kier alpha value is -1.48. The average Bonchev–Trinajstić information content (AvgIpc) is 2.38. The van der Waals surface area contributed by atoms with E-state index in [0.717, 1.165) is 22.5 Å². The highest BCUT2D eigenvalue weighted by Gasteiger charge is 2.04. The van der Waals surface area contributed by atoms with Crippen LogP contribution < -0.4 is 10.1 Å². The maximum Gasteiger partial charge on any atom is 0.142 e. The average molecular weight is 320 g/mol. The van der Waals surface area contributed by atoms with E-state index in [1.54, 1.807) is 7.11 Å². The third kappa shape index (κ3) is 3.51. The highest BCUT2D eigenvalue weighted by molar-refractivity contribution is 9.10. The summed E-state index contributed by atoms with van der Waals surface area (Å²) in [6.45, 7) is 5.04. The van der Waals surface area contributed by atoms with Gasteiger partial charge in [0.15, 0.2) is 0 Å². The first kappa shape index (κ1) is 13.9. The fourth-order valence-corrected chi connectivity index (χ4v) is 2.41. The van der Waals surface area contributed by atoms with Crippen LogP contribution >= 0.6 is 15.9 Å². The van der Waals surface area contributed by atoms with Crippen LogP contribution in [0.5, 0.6) is 5.75 Å². The number of hydrogen-bond acceptors (Lipinski definition) is 2. The van der Waals surface area contributed by atoms with Gasteiger partial charge in [-0.15, -0.1) is 0 Å². The zero-order chi connectivity index (χ0) is 13.8. The summed E-state index contributed by atoms with van der Waals surface area (Å²) >= 11 is 3.48. The van der Waals surface area contributed by atoms with E-state index in [4.69, 9.17) is 4.74 Å². The van der Waals surface area contributed by atoms with Crippen molar-refractivity contribution in [2.45, 2.75) is 20.4 Å². The van der Waals surface area contributed by atoms with Crippen molar-refractivity contribution in [2.24, 2.45) is 0 Å². The van der Waals surface area contributed by atoms with E-state index >= 15 is 0 Å². The van der Waals surface area contributed by atoms with Crippen molar-refractivity contribution in [1.29, 1.82) is 0 Å². The molecule has 19 heavy (non-hydrogen) atoms. The van der Waals surface area contributed by atoms with Crippen molar-refractivity contribution in [3.63, 3.8) is 0 Å². The van der Waals surface area contributed by atoms with Gasteiger partial charge >= 0.3 is 0 Å². The SMILES string of the molecule is COc1ccc(Br)cc1NCc1ccc(C)cc1C. The van der Waals surface area contributed by atoms with E-state index in [-0.39, 0.29) is 0 Å². The van der Waals surface area contributed by atoms with Crippen LogP contribution in [0.2, 0.25) is 0 Å². The molecule has 0 atom stereocenters. The number of rotatable bonds is 4. The van der Waals surface area contributed by atoms with Gasteiger partial charge in [-0.1, -0.05) is 39.7 Å². The zero-order valence-electron chi connectivity index (χ0n) is 11.5. The largest absolute Gasteiger partial charge is 0.495 e. The van der Waals surface area contributed by atoms with Gasteiger partial charge in [0.05, 0.1) is 12.8 Å². The molecule has 2 aromatic carbocycles. The lowest BCUT2D eigenvalue weighted by atomic mass is 10.1. The number of halogens is 1. The monoisotopic (exact) mass is 319 g/mol. The number of ether oxygens (including phenoxy) is 1. The Bertz CT molecular complexity index is 581. The highest BCUT2D eigenvalue weighted by atomic mass is 79.9. The van der Waals surface area contributed by atoms with Gasteiger partial charge in [-0.3, -0.25) is 0 Å². The topological polar surface area (TPSA) is 21.3 Å². The molecule has 100 valence electrons. The summed E-state index contributed by atoms with van der Waals surface area (Å²) in [4.78, 5) is 0. The van der Waals surface area contributed by atoms with Gasteiger partial charge in [0.2, 0.25) is 0 Å². The lowest BCUT2D eigenvalue weighted by Gasteiger charge is -2.13. The summed E-state index contributed by atoms with van der Waals surface area (Å²) in [5, 5.41) is 3.43. The first-order valence-electron chi connectivity index (χ1n) is 6.23. The smallest absolute Gasteiger partial charge is 0.142 e. The van der Waals surface area contributed by atoms with Crippen LogP contribution in [-0.2, 0) is 6.54 Å². The summed E-state index contributed by atoms with van der Waals surface area (Å²) in [6.07, 6.45) is 0. The standard InChI is InChI=1S/C16H18BrNO/c1-11-4-5-13(12(2)8-11)10-18-15-9-14(17)6-7-16(15)19-3/h4-9,18H,10H2,1-3H3. The van der Waals surface area contributed by atoms with Gasteiger partial charge in [0.1, 0.15) is 5.75 Å². The molecule has 0 amide bonds. The molecule has 2 nitrogen and oxygen atoms in total. The molecule has 0 aliphatic carbocycles. The summed E-state index contributed by atoms with van der Waals surface area (Å²) in [5.74, 6) is 0.855. The van der Waals surface area contributed by atoms with E-state index in [9.17, 15) is 0 Å². The number of nitrogens with one attached hydrogen (secondary N) is 1. The molecule has 1 N–H and O–H groups in total. The van der Waals surface area contributed by atoms with Crippen LogP contribution in [0.15, 0.2) is 40.9 Å². The summed E-state index contributed by atoms with van der Waals surface area (Å²) in [5.41, 5.74) is 4.90. The molecule has 0 radical (unpaired) electrons. The molecule has 0 bridgehead atoms. The van der Waals surface area contributed by atoms with Crippen molar-refractivity contribution >= 4 is 21.6 Å². The van der Waals surface area contributed by atoms with Gasteiger partial charge in [0.25, 0.3) is 0 Å². The number of aryl methyl sites for hydroxylation is 2. The molecule has 0 saturated carbocycles.